The predicted molar refractivity (Wildman–Crippen MR) is 60.8 cm³/mol. The molecule has 0 atom stereocenters. The zero-order valence-corrected chi connectivity index (χ0v) is 8.79. The summed E-state index contributed by atoms with van der Waals surface area (Å²) in [6, 6.07) is 13.9. The molecular formula is C13H9ClO. The molecule has 15 heavy (non-hydrogen) atoms. The molecule has 0 unspecified atom stereocenters. The average Bonchev–Trinajstić information content (AvgIpc) is 2.26. The zero-order valence-electron chi connectivity index (χ0n) is 8.03. The number of benzene rings is 2. The Kier molecular flexibility index (Phi) is 1.93. The van der Waals surface area contributed by atoms with E-state index in [0.717, 1.165) is 17.9 Å². The van der Waals surface area contributed by atoms with Gasteiger partial charge in [0.1, 0.15) is 11.5 Å². The first-order chi connectivity index (χ1) is 7.33. The first-order valence-electron chi connectivity index (χ1n) is 4.87. The monoisotopic (exact) mass is 216 g/mol. The van der Waals surface area contributed by atoms with Gasteiger partial charge in [0, 0.05) is 11.4 Å². The number of hydrogen-bond acceptors (Lipinski definition) is 1. The van der Waals surface area contributed by atoms with Crippen LogP contribution in [0.1, 0.15) is 11.1 Å². The van der Waals surface area contributed by atoms with Crippen molar-refractivity contribution in [2.45, 2.75) is 6.42 Å². The number of ether oxygens (including phenoxy) is 1. The summed E-state index contributed by atoms with van der Waals surface area (Å²) in [5, 5.41) is 0.716. The van der Waals surface area contributed by atoms with Crippen molar-refractivity contribution in [2.24, 2.45) is 0 Å². The van der Waals surface area contributed by atoms with Crippen LogP contribution in [0.4, 0.5) is 0 Å². The highest BCUT2D eigenvalue weighted by atomic mass is 35.5. The van der Waals surface area contributed by atoms with Gasteiger partial charge in [0.2, 0.25) is 0 Å². The van der Waals surface area contributed by atoms with E-state index in [1.165, 1.54) is 11.1 Å². The normalized spacial score (nSPS) is 12.6. The number of para-hydroxylation sites is 1. The molecule has 0 saturated carbocycles. The summed E-state index contributed by atoms with van der Waals surface area (Å²) in [7, 11) is 0. The predicted octanol–water partition coefficient (Wildman–Crippen LogP) is 4.04. The quantitative estimate of drug-likeness (QED) is 0.551. The summed E-state index contributed by atoms with van der Waals surface area (Å²) >= 11 is 5.92. The summed E-state index contributed by atoms with van der Waals surface area (Å²) in [4.78, 5) is 0. The standard InChI is InChI=1S/C13H9ClO/c14-11-6-5-10-7-9-3-1-2-4-12(9)15-13(10)8-11/h1-6,8H,7H2. The SMILES string of the molecule is Clc1ccc2c(c1)Oc1ccccc1C2. The Bertz CT molecular complexity index is 520. The van der Waals surface area contributed by atoms with Crippen LogP contribution in [0.2, 0.25) is 5.02 Å². The summed E-state index contributed by atoms with van der Waals surface area (Å²) in [5.74, 6) is 1.81. The largest absolute Gasteiger partial charge is 0.457 e. The van der Waals surface area contributed by atoms with Gasteiger partial charge in [0.15, 0.2) is 0 Å². The van der Waals surface area contributed by atoms with E-state index in [1.54, 1.807) is 0 Å². The summed E-state index contributed by atoms with van der Waals surface area (Å²) in [5.41, 5.74) is 2.42. The maximum atomic E-state index is 5.92. The van der Waals surface area contributed by atoms with Crippen molar-refractivity contribution >= 4 is 11.6 Å². The molecule has 2 heteroatoms. The fourth-order valence-corrected chi connectivity index (χ4v) is 2.00. The lowest BCUT2D eigenvalue weighted by molar-refractivity contribution is 0.460. The Morgan fingerprint density at radius 2 is 1.73 bits per heavy atom. The molecule has 3 rings (SSSR count). The highest BCUT2D eigenvalue weighted by molar-refractivity contribution is 6.30. The molecule has 1 heterocycles. The van der Waals surface area contributed by atoms with Crippen molar-refractivity contribution < 1.29 is 4.74 Å². The van der Waals surface area contributed by atoms with Gasteiger partial charge in [-0.3, -0.25) is 0 Å². The molecule has 0 aliphatic carbocycles. The van der Waals surface area contributed by atoms with Crippen LogP contribution in [0.25, 0.3) is 0 Å². The molecule has 0 amide bonds. The first kappa shape index (κ1) is 8.81. The van der Waals surface area contributed by atoms with E-state index < -0.39 is 0 Å². The average molecular weight is 217 g/mol. The van der Waals surface area contributed by atoms with Gasteiger partial charge in [-0.1, -0.05) is 35.9 Å². The van der Waals surface area contributed by atoms with Crippen LogP contribution in [0.5, 0.6) is 11.5 Å². The van der Waals surface area contributed by atoms with Crippen molar-refractivity contribution in [2.75, 3.05) is 0 Å². The lowest BCUT2D eigenvalue weighted by Gasteiger charge is -2.19. The smallest absolute Gasteiger partial charge is 0.132 e. The Morgan fingerprint density at radius 1 is 0.933 bits per heavy atom. The molecule has 2 aromatic carbocycles. The van der Waals surface area contributed by atoms with Crippen LogP contribution in [0.15, 0.2) is 42.5 Å². The number of halogens is 1. The minimum absolute atomic E-state index is 0.716. The van der Waals surface area contributed by atoms with Crippen LogP contribution in [-0.4, -0.2) is 0 Å². The summed E-state index contributed by atoms with van der Waals surface area (Å²) in [6.07, 6.45) is 0.919. The third kappa shape index (κ3) is 1.49. The van der Waals surface area contributed by atoms with Crippen LogP contribution >= 0.6 is 11.6 Å². The second-order valence-electron chi connectivity index (χ2n) is 3.64. The van der Waals surface area contributed by atoms with Crippen molar-refractivity contribution in [3.63, 3.8) is 0 Å². The minimum Gasteiger partial charge on any atom is -0.457 e. The van der Waals surface area contributed by atoms with Gasteiger partial charge in [0.05, 0.1) is 0 Å². The Labute approximate surface area is 93.3 Å². The lowest BCUT2D eigenvalue weighted by atomic mass is 10.0. The van der Waals surface area contributed by atoms with Gasteiger partial charge in [-0.25, -0.2) is 0 Å². The molecule has 74 valence electrons. The van der Waals surface area contributed by atoms with Gasteiger partial charge in [-0.05, 0) is 29.3 Å². The number of rotatable bonds is 0. The number of hydrogen-bond donors (Lipinski definition) is 0. The fourth-order valence-electron chi connectivity index (χ4n) is 1.84. The third-order valence-electron chi connectivity index (χ3n) is 2.60. The second-order valence-corrected chi connectivity index (χ2v) is 4.08. The third-order valence-corrected chi connectivity index (χ3v) is 2.84. The maximum Gasteiger partial charge on any atom is 0.132 e. The van der Waals surface area contributed by atoms with Gasteiger partial charge >= 0.3 is 0 Å². The molecule has 1 nitrogen and oxygen atoms in total. The van der Waals surface area contributed by atoms with Gasteiger partial charge in [-0.15, -0.1) is 0 Å². The lowest BCUT2D eigenvalue weighted by Crippen LogP contribution is -2.02. The molecule has 2 aromatic rings. The second kappa shape index (κ2) is 3.28. The zero-order chi connectivity index (χ0) is 10.3. The van der Waals surface area contributed by atoms with E-state index >= 15 is 0 Å². The topological polar surface area (TPSA) is 9.23 Å². The molecule has 1 aliphatic rings. The van der Waals surface area contributed by atoms with Gasteiger partial charge < -0.3 is 4.74 Å². The van der Waals surface area contributed by atoms with Crippen molar-refractivity contribution in [3.8, 4) is 11.5 Å². The van der Waals surface area contributed by atoms with E-state index in [0.29, 0.717) is 5.02 Å². The van der Waals surface area contributed by atoms with Crippen LogP contribution in [-0.2, 0) is 6.42 Å². The van der Waals surface area contributed by atoms with Crippen LogP contribution < -0.4 is 4.74 Å². The molecule has 0 radical (unpaired) electrons. The van der Waals surface area contributed by atoms with E-state index in [2.05, 4.69) is 6.07 Å². The maximum absolute atomic E-state index is 5.92. The van der Waals surface area contributed by atoms with Crippen molar-refractivity contribution in [1.29, 1.82) is 0 Å². The fraction of sp³-hybridized carbons (Fsp3) is 0.0769. The van der Waals surface area contributed by atoms with E-state index in [4.69, 9.17) is 16.3 Å². The Morgan fingerprint density at radius 3 is 2.67 bits per heavy atom. The summed E-state index contributed by atoms with van der Waals surface area (Å²) in [6.45, 7) is 0. The summed E-state index contributed by atoms with van der Waals surface area (Å²) < 4.78 is 5.77. The molecule has 0 N–H and O–H groups in total. The van der Waals surface area contributed by atoms with E-state index in [9.17, 15) is 0 Å². The minimum atomic E-state index is 0.716. The Hall–Kier alpha value is -1.47. The van der Waals surface area contributed by atoms with Crippen molar-refractivity contribution in [1.82, 2.24) is 0 Å². The molecule has 0 bridgehead atoms. The van der Waals surface area contributed by atoms with Crippen LogP contribution in [0.3, 0.4) is 0 Å². The van der Waals surface area contributed by atoms with Crippen LogP contribution in [0, 0.1) is 0 Å². The molecular weight excluding hydrogens is 208 g/mol. The molecule has 0 fully saturated rings. The molecule has 0 saturated heterocycles. The number of fused-ring (bicyclic) bond motifs is 2. The molecule has 1 aliphatic heterocycles. The van der Waals surface area contributed by atoms with Crippen molar-refractivity contribution in [3.05, 3.63) is 58.6 Å². The van der Waals surface area contributed by atoms with Gasteiger partial charge in [-0.2, -0.15) is 0 Å². The van der Waals surface area contributed by atoms with E-state index in [-0.39, 0.29) is 0 Å². The van der Waals surface area contributed by atoms with E-state index in [1.807, 2.05) is 36.4 Å². The highest BCUT2D eigenvalue weighted by Gasteiger charge is 2.15. The van der Waals surface area contributed by atoms with Gasteiger partial charge in [0.25, 0.3) is 0 Å². The molecule has 0 spiro atoms. The first-order valence-corrected chi connectivity index (χ1v) is 5.25. The highest BCUT2D eigenvalue weighted by Crippen LogP contribution is 2.37. The Balaban J connectivity index is 2.11. The molecule has 0 aromatic heterocycles.